The first-order valence-corrected chi connectivity index (χ1v) is 12.6. The number of nitrogens with one attached hydrogen (secondary N) is 1. The highest BCUT2D eigenvalue weighted by Crippen LogP contribution is 2.33. The van der Waals surface area contributed by atoms with Crippen LogP contribution in [0.15, 0.2) is 34.3 Å². The Morgan fingerprint density at radius 3 is 2.79 bits per heavy atom. The molecule has 0 fully saturated rings. The molecule has 1 aliphatic rings. The number of hydrogen-bond acceptors (Lipinski definition) is 6. The molecule has 0 bridgehead atoms. The fourth-order valence-electron chi connectivity index (χ4n) is 4.36. The van der Waals surface area contributed by atoms with Crippen LogP contribution >= 0.6 is 11.8 Å². The van der Waals surface area contributed by atoms with E-state index in [0.29, 0.717) is 28.5 Å². The largest absolute Gasteiger partial charge is 0.356 e. The summed E-state index contributed by atoms with van der Waals surface area (Å²) in [5.41, 5.74) is 3.59. The zero-order valence-electron chi connectivity index (χ0n) is 19.8. The van der Waals surface area contributed by atoms with Crippen LogP contribution in [-0.2, 0) is 4.79 Å². The van der Waals surface area contributed by atoms with Crippen LogP contribution in [0.2, 0.25) is 0 Å². The second-order valence-corrected chi connectivity index (χ2v) is 9.54. The Labute approximate surface area is 198 Å². The number of carbonyl (C=O) groups is 1. The van der Waals surface area contributed by atoms with Crippen molar-refractivity contribution in [3.63, 3.8) is 0 Å². The first-order chi connectivity index (χ1) is 15.9. The van der Waals surface area contributed by atoms with Gasteiger partial charge in [0.25, 0.3) is 5.56 Å². The highest BCUT2D eigenvalue weighted by atomic mass is 32.2. The topological polar surface area (TPSA) is 85.1 Å². The Balaban J connectivity index is 1.50. The summed E-state index contributed by atoms with van der Waals surface area (Å²) in [4.78, 5) is 33.0. The third kappa shape index (κ3) is 4.84. The zero-order chi connectivity index (χ0) is 23.5. The minimum atomic E-state index is -0.193. The van der Waals surface area contributed by atoms with E-state index in [2.05, 4.69) is 35.2 Å². The van der Waals surface area contributed by atoms with Crippen molar-refractivity contribution >= 4 is 28.7 Å². The number of amides is 1. The monoisotopic (exact) mass is 468 g/mol. The number of benzene rings is 1. The summed E-state index contributed by atoms with van der Waals surface area (Å²) in [5.74, 6) is 0.643. The number of fused-ring (bicyclic) bond motifs is 2. The molecule has 2 aromatic heterocycles. The molecule has 0 saturated carbocycles. The maximum Gasteiger partial charge on any atom is 0.265 e. The Morgan fingerprint density at radius 1 is 1.27 bits per heavy atom. The SMILES string of the molecule is CCN(CC)CCCNC(=O)CC1CSc2nc3c(cnn3-c3ccc(C)cc3C)c(=O)n21. The average Bonchev–Trinajstić information content (AvgIpc) is 3.39. The number of carbonyl (C=O) groups excluding carboxylic acids is 1. The van der Waals surface area contributed by atoms with Gasteiger partial charge in [0.15, 0.2) is 10.8 Å². The lowest BCUT2D eigenvalue weighted by atomic mass is 10.1. The molecule has 8 nitrogen and oxygen atoms in total. The van der Waals surface area contributed by atoms with Gasteiger partial charge in [-0.15, -0.1) is 0 Å². The van der Waals surface area contributed by atoms with Crippen LogP contribution in [0.3, 0.4) is 0 Å². The van der Waals surface area contributed by atoms with Gasteiger partial charge in [-0.3, -0.25) is 14.2 Å². The Bertz CT molecular complexity index is 1210. The summed E-state index contributed by atoms with van der Waals surface area (Å²) < 4.78 is 3.42. The lowest BCUT2D eigenvalue weighted by molar-refractivity contribution is -0.121. The van der Waals surface area contributed by atoms with E-state index < -0.39 is 0 Å². The van der Waals surface area contributed by atoms with Crippen LogP contribution in [0, 0.1) is 13.8 Å². The fourth-order valence-corrected chi connectivity index (χ4v) is 5.49. The summed E-state index contributed by atoms with van der Waals surface area (Å²) in [6.45, 7) is 12.0. The molecule has 0 saturated heterocycles. The molecule has 3 aromatic rings. The number of aryl methyl sites for hydroxylation is 2. The van der Waals surface area contributed by atoms with E-state index in [-0.39, 0.29) is 23.9 Å². The van der Waals surface area contributed by atoms with E-state index in [0.717, 1.165) is 37.3 Å². The van der Waals surface area contributed by atoms with Crippen molar-refractivity contribution in [2.45, 2.75) is 51.7 Å². The highest BCUT2D eigenvalue weighted by molar-refractivity contribution is 7.99. The van der Waals surface area contributed by atoms with Gasteiger partial charge in [-0.25, -0.2) is 9.67 Å². The van der Waals surface area contributed by atoms with Gasteiger partial charge in [0.1, 0.15) is 5.39 Å². The van der Waals surface area contributed by atoms with Crippen LogP contribution in [0.4, 0.5) is 0 Å². The van der Waals surface area contributed by atoms with Crippen molar-refractivity contribution in [2.24, 2.45) is 0 Å². The molecule has 1 N–H and O–H groups in total. The van der Waals surface area contributed by atoms with E-state index >= 15 is 0 Å². The Hall–Kier alpha value is -2.65. The van der Waals surface area contributed by atoms with Gasteiger partial charge in [0.2, 0.25) is 5.91 Å². The van der Waals surface area contributed by atoms with E-state index in [9.17, 15) is 9.59 Å². The fraction of sp³-hybridized carbons (Fsp3) is 0.500. The lowest BCUT2D eigenvalue weighted by Gasteiger charge is -2.18. The Kier molecular flexibility index (Phi) is 7.19. The number of nitrogens with zero attached hydrogens (tertiary/aromatic N) is 5. The maximum absolute atomic E-state index is 13.3. The Morgan fingerprint density at radius 2 is 2.06 bits per heavy atom. The zero-order valence-corrected chi connectivity index (χ0v) is 20.6. The maximum atomic E-state index is 13.3. The third-order valence-electron chi connectivity index (χ3n) is 6.24. The molecule has 0 radical (unpaired) electrons. The van der Waals surface area contributed by atoms with Gasteiger partial charge in [0, 0.05) is 18.7 Å². The standard InChI is InChI=1S/C24H32N6O2S/c1-5-28(6-2)11-7-10-25-21(31)13-18-15-33-24-27-22-19(23(32)29(18)24)14-26-30(22)20-9-8-16(3)12-17(20)4/h8-9,12,14,18H,5-7,10-11,13,15H2,1-4H3,(H,25,31). The molecule has 9 heteroatoms. The number of rotatable bonds is 9. The smallest absolute Gasteiger partial charge is 0.265 e. The first-order valence-electron chi connectivity index (χ1n) is 11.6. The molecule has 0 aliphatic carbocycles. The normalized spacial score (nSPS) is 15.4. The number of hydrogen-bond donors (Lipinski definition) is 1. The van der Waals surface area contributed by atoms with Crippen molar-refractivity contribution in [3.8, 4) is 5.69 Å². The predicted molar refractivity (Wildman–Crippen MR) is 132 cm³/mol. The van der Waals surface area contributed by atoms with Crippen molar-refractivity contribution in [2.75, 3.05) is 31.9 Å². The second-order valence-electron chi connectivity index (χ2n) is 8.55. The summed E-state index contributed by atoms with van der Waals surface area (Å²) in [6, 6.07) is 5.93. The summed E-state index contributed by atoms with van der Waals surface area (Å²) >= 11 is 1.52. The minimum absolute atomic E-state index is 0.0223. The number of aromatic nitrogens is 4. The number of thioether (sulfide) groups is 1. The molecular formula is C24H32N6O2S. The van der Waals surface area contributed by atoms with Crippen LogP contribution in [-0.4, -0.2) is 62.1 Å². The van der Waals surface area contributed by atoms with E-state index in [1.165, 1.54) is 17.3 Å². The summed E-state index contributed by atoms with van der Waals surface area (Å²) in [5, 5.41) is 8.61. The lowest BCUT2D eigenvalue weighted by Crippen LogP contribution is -2.33. The molecule has 1 aliphatic heterocycles. The van der Waals surface area contributed by atoms with Gasteiger partial charge in [-0.05, 0) is 51.5 Å². The molecule has 1 amide bonds. The average molecular weight is 469 g/mol. The van der Waals surface area contributed by atoms with Gasteiger partial charge < -0.3 is 10.2 Å². The molecule has 1 aromatic carbocycles. The third-order valence-corrected chi connectivity index (χ3v) is 7.34. The van der Waals surface area contributed by atoms with Crippen LogP contribution in [0.25, 0.3) is 16.7 Å². The van der Waals surface area contributed by atoms with Gasteiger partial charge in [-0.1, -0.05) is 43.3 Å². The summed E-state index contributed by atoms with van der Waals surface area (Å²) in [6.07, 6.45) is 2.79. The van der Waals surface area contributed by atoms with E-state index in [4.69, 9.17) is 4.98 Å². The van der Waals surface area contributed by atoms with Gasteiger partial charge in [0.05, 0.1) is 17.9 Å². The molecular weight excluding hydrogens is 436 g/mol. The molecule has 0 spiro atoms. The summed E-state index contributed by atoms with van der Waals surface area (Å²) in [7, 11) is 0. The van der Waals surface area contributed by atoms with E-state index in [1.54, 1.807) is 15.4 Å². The van der Waals surface area contributed by atoms with Crippen LogP contribution in [0.5, 0.6) is 0 Å². The predicted octanol–water partition coefficient (Wildman–Crippen LogP) is 3.08. The molecule has 33 heavy (non-hydrogen) atoms. The van der Waals surface area contributed by atoms with Crippen molar-refractivity contribution in [1.82, 2.24) is 29.5 Å². The van der Waals surface area contributed by atoms with Gasteiger partial charge >= 0.3 is 0 Å². The first kappa shape index (κ1) is 23.5. The molecule has 1 atom stereocenters. The molecule has 1 unspecified atom stereocenters. The van der Waals surface area contributed by atoms with Crippen molar-refractivity contribution < 1.29 is 4.79 Å². The quantitative estimate of drug-likeness (QED) is 0.384. The van der Waals surface area contributed by atoms with E-state index in [1.807, 2.05) is 26.0 Å². The van der Waals surface area contributed by atoms with Crippen LogP contribution in [0.1, 0.15) is 43.9 Å². The highest BCUT2D eigenvalue weighted by Gasteiger charge is 2.29. The van der Waals surface area contributed by atoms with Crippen molar-refractivity contribution in [1.29, 1.82) is 0 Å². The molecule has 3 heterocycles. The molecule has 4 rings (SSSR count). The minimum Gasteiger partial charge on any atom is -0.356 e. The second kappa shape index (κ2) is 10.1. The van der Waals surface area contributed by atoms with Gasteiger partial charge in [-0.2, -0.15) is 5.10 Å². The molecule has 176 valence electrons. The van der Waals surface area contributed by atoms with Crippen molar-refractivity contribution in [3.05, 3.63) is 45.9 Å². The van der Waals surface area contributed by atoms with Crippen LogP contribution < -0.4 is 10.9 Å².